The molecule has 1 unspecified atom stereocenters. The third-order valence-corrected chi connectivity index (χ3v) is 4.29. The Morgan fingerprint density at radius 3 is 2.70 bits per heavy atom. The van der Waals surface area contributed by atoms with Gasteiger partial charge in [0.1, 0.15) is 5.54 Å². The van der Waals surface area contributed by atoms with Crippen molar-refractivity contribution in [3.05, 3.63) is 23.8 Å². The van der Waals surface area contributed by atoms with Crippen molar-refractivity contribution in [1.82, 2.24) is 5.32 Å². The first-order chi connectivity index (χ1) is 9.59. The van der Waals surface area contributed by atoms with E-state index in [0.29, 0.717) is 17.5 Å². The number of ether oxygens (including phenoxy) is 2. The molecule has 1 aliphatic carbocycles. The molecule has 1 fully saturated rings. The fourth-order valence-electron chi connectivity index (χ4n) is 2.98. The van der Waals surface area contributed by atoms with Gasteiger partial charge in [-0.1, -0.05) is 18.9 Å². The third kappa shape index (κ3) is 2.22. The van der Waals surface area contributed by atoms with Crippen molar-refractivity contribution in [2.24, 2.45) is 5.73 Å². The van der Waals surface area contributed by atoms with Crippen molar-refractivity contribution < 1.29 is 14.3 Å². The van der Waals surface area contributed by atoms with E-state index in [0.717, 1.165) is 18.4 Å². The highest BCUT2D eigenvalue weighted by Crippen LogP contribution is 2.36. The second kappa shape index (κ2) is 4.98. The molecule has 3 N–H and O–H groups in total. The van der Waals surface area contributed by atoms with Gasteiger partial charge in [-0.05, 0) is 37.5 Å². The third-order valence-electron chi connectivity index (χ3n) is 4.29. The fraction of sp³-hybridized carbons (Fsp3) is 0.533. The van der Waals surface area contributed by atoms with Crippen LogP contribution in [0, 0.1) is 0 Å². The second-order valence-electron chi connectivity index (χ2n) is 5.68. The Labute approximate surface area is 118 Å². The minimum Gasteiger partial charge on any atom is -0.454 e. The summed E-state index contributed by atoms with van der Waals surface area (Å²) in [6.45, 7) is 2.06. The number of benzene rings is 1. The summed E-state index contributed by atoms with van der Waals surface area (Å²) in [6.07, 6.45) is 4.59. The predicted molar refractivity (Wildman–Crippen MR) is 74.5 cm³/mol. The van der Waals surface area contributed by atoms with Crippen molar-refractivity contribution in [3.63, 3.8) is 0 Å². The van der Waals surface area contributed by atoms with Crippen LogP contribution in [0.25, 0.3) is 0 Å². The maximum Gasteiger partial charge on any atom is 0.242 e. The SMILES string of the molecule is CC(NC1CCCC1)(C(N)=O)c1ccc2c(c1)OCO2. The van der Waals surface area contributed by atoms with Crippen LogP contribution in [0.4, 0.5) is 0 Å². The van der Waals surface area contributed by atoms with Crippen LogP contribution in [0.5, 0.6) is 11.5 Å². The predicted octanol–water partition coefficient (Wildman–Crippen LogP) is 1.65. The summed E-state index contributed by atoms with van der Waals surface area (Å²) in [4.78, 5) is 12.0. The minimum atomic E-state index is -0.879. The molecule has 1 aromatic carbocycles. The molecule has 0 aromatic heterocycles. The Hall–Kier alpha value is -1.75. The molecule has 0 spiro atoms. The Bertz CT molecular complexity index is 526. The first-order valence-corrected chi connectivity index (χ1v) is 7.07. The van der Waals surface area contributed by atoms with Gasteiger partial charge in [0.25, 0.3) is 0 Å². The molecule has 1 aliphatic heterocycles. The zero-order valence-corrected chi connectivity index (χ0v) is 11.6. The average Bonchev–Trinajstić information content (AvgIpc) is 3.07. The van der Waals surface area contributed by atoms with E-state index < -0.39 is 5.54 Å². The molecule has 1 aromatic rings. The largest absolute Gasteiger partial charge is 0.454 e. The number of rotatable bonds is 4. The van der Waals surface area contributed by atoms with E-state index >= 15 is 0 Å². The molecule has 0 radical (unpaired) electrons. The minimum absolute atomic E-state index is 0.224. The summed E-state index contributed by atoms with van der Waals surface area (Å²) >= 11 is 0. The van der Waals surface area contributed by atoms with E-state index in [1.165, 1.54) is 12.8 Å². The topological polar surface area (TPSA) is 73.6 Å². The molecule has 0 bridgehead atoms. The molecular weight excluding hydrogens is 256 g/mol. The zero-order chi connectivity index (χ0) is 14.2. The summed E-state index contributed by atoms with van der Waals surface area (Å²) in [5, 5.41) is 3.43. The highest BCUT2D eigenvalue weighted by Gasteiger charge is 2.37. The summed E-state index contributed by atoms with van der Waals surface area (Å²) in [6, 6.07) is 5.89. The van der Waals surface area contributed by atoms with Crippen LogP contribution in [-0.2, 0) is 10.3 Å². The van der Waals surface area contributed by atoms with Crippen LogP contribution >= 0.6 is 0 Å². The zero-order valence-electron chi connectivity index (χ0n) is 11.6. The summed E-state index contributed by atoms with van der Waals surface area (Å²) in [5.74, 6) is 1.01. The molecule has 2 aliphatic rings. The van der Waals surface area contributed by atoms with E-state index in [-0.39, 0.29) is 12.7 Å². The highest BCUT2D eigenvalue weighted by molar-refractivity contribution is 5.86. The van der Waals surface area contributed by atoms with E-state index in [1.807, 2.05) is 25.1 Å². The number of nitrogens with one attached hydrogen (secondary N) is 1. The standard InChI is InChI=1S/C15H20N2O3/c1-15(14(16)18,17-11-4-2-3-5-11)10-6-7-12-13(8-10)20-9-19-12/h6-8,11,17H,2-5,9H2,1H3,(H2,16,18). The Kier molecular flexibility index (Phi) is 3.30. The van der Waals surface area contributed by atoms with Gasteiger partial charge >= 0.3 is 0 Å². The van der Waals surface area contributed by atoms with Crippen molar-refractivity contribution in [2.75, 3.05) is 6.79 Å². The maximum atomic E-state index is 12.0. The van der Waals surface area contributed by atoms with Crippen LogP contribution in [-0.4, -0.2) is 18.7 Å². The molecule has 20 heavy (non-hydrogen) atoms. The maximum absolute atomic E-state index is 12.0. The lowest BCUT2D eigenvalue weighted by Crippen LogP contribution is -2.53. The molecule has 1 atom stereocenters. The average molecular weight is 276 g/mol. The number of primary amides is 1. The number of hydrogen-bond acceptors (Lipinski definition) is 4. The number of hydrogen-bond donors (Lipinski definition) is 2. The summed E-state index contributed by atoms with van der Waals surface area (Å²) in [5.41, 5.74) is 5.59. The monoisotopic (exact) mass is 276 g/mol. The van der Waals surface area contributed by atoms with Gasteiger partial charge in [0.15, 0.2) is 11.5 Å². The molecule has 5 nitrogen and oxygen atoms in total. The van der Waals surface area contributed by atoms with Gasteiger partial charge in [-0.25, -0.2) is 0 Å². The van der Waals surface area contributed by atoms with Gasteiger partial charge in [0.2, 0.25) is 12.7 Å². The van der Waals surface area contributed by atoms with E-state index in [4.69, 9.17) is 15.2 Å². The number of carbonyl (C=O) groups is 1. The first-order valence-electron chi connectivity index (χ1n) is 7.07. The molecular formula is C15H20N2O3. The van der Waals surface area contributed by atoms with Crippen LogP contribution in [0.3, 0.4) is 0 Å². The van der Waals surface area contributed by atoms with Gasteiger partial charge in [-0.15, -0.1) is 0 Å². The number of amides is 1. The first kappa shape index (κ1) is 13.2. The highest BCUT2D eigenvalue weighted by atomic mass is 16.7. The fourth-order valence-corrected chi connectivity index (χ4v) is 2.98. The Morgan fingerprint density at radius 2 is 2.00 bits per heavy atom. The van der Waals surface area contributed by atoms with Crippen LogP contribution in [0.2, 0.25) is 0 Å². The smallest absolute Gasteiger partial charge is 0.242 e. The Balaban J connectivity index is 1.90. The van der Waals surface area contributed by atoms with E-state index in [9.17, 15) is 4.79 Å². The van der Waals surface area contributed by atoms with Crippen molar-refractivity contribution in [3.8, 4) is 11.5 Å². The van der Waals surface area contributed by atoms with Gasteiger partial charge in [0.05, 0.1) is 0 Å². The van der Waals surface area contributed by atoms with E-state index in [2.05, 4.69) is 5.32 Å². The van der Waals surface area contributed by atoms with Crippen LogP contribution in [0.15, 0.2) is 18.2 Å². The molecule has 108 valence electrons. The molecule has 3 rings (SSSR count). The van der Waals surface area contributed by atoms with Crippen molar-refractivity contribution >= 4 is 5.91 Å². The van der Waals surface area contributed by atoms with Gasteiger partial charge in [0, 0.05) is 6.04 Å². The molecule has 1 saturated carbocycles. The number of nitrogens with two attached hydrogens (primary N) is 1. The molecule has 1 amide bonds. The normalized spacial score (nSPS) is 20.9. The van der Waals surface area contributed by atoms with Crippen LogP contribution < -0.4 is 20.5 Å². The van der Waals surface area contributed by atoms with Crippen molar-refractivity contribution in [1.29, 1.82) is 0 Å². The van der Waals surface area contributed by atoms with Gasteiger partial charge in [-0.2, -0.15) is 0 Å². The number of fused-ring (bicyclic) bond motifs is 1. The van der Waals surface area contributed by atoms with Crippen LogP contribution in [0.1, 0.15) is 38.2 Å². The lowest BCUT2D eigenvalue weighted by atomic mass is 9.89. The summed E-state index contributed by atoms with van der Waals surface area (Å²) in [7, 11) is 0. The van der Waals surface area contributed by atoms with Gasteiger partial charge < -0.3 is 15.2 Å². The summed E-state index contributed by atoms with van der Waals surface area (Å²) < 4.78 is 10.7. The quantitative estimate of drug-likeness (QED) is 0.877. The van der Waals surface area contributed by atoms with Gasteiger partial charge in [-0.3, -0.25) is 10.1 Å². The Morgan fingerprint density at radius 1 is 1.30 bits per heavy atom. The van der Waals surface area contributed by atoms with E-state index in [1.54, 1.807) is 0 Å². The molecule has 0 saturated heterocycles. The lowest BCUT2D eigenvalue weighted by Gasteiger charge is -2.31. The second-order valence-corrected chi connectivity index (χ2v) is 5.68. The van der Waals surface area contributed by atoms with Crippen molar-refractivity contribution in [2.45, 2.75) is 44.2 Å². The molecule has 5 heteroatoms. The number of carbonyl (C=O) groups excluding carboxylic acids is 1. The molecule has 1 heterocycles. The lowest BCUT2D eigenvalue weighted by molar-refractivity contribution is -0.124.